The van der Waals surface area contributed by atoms with Crippen molar-refractivity contribution in [1.29, 1.82) is 0 Å². The lowest BCUT2D eigenvalue weighted by molar-refractivity contribution is 0.370. The van der Waals surface area contributed by atoms with E-state index in [9.17, 15) is 0 Å². The minimum Gasteiger partial charge on any atom is -0.497 e. The molecule has 0 atom stereocenters. The van der Waals surface area contributed by atoms with Gasteiger partial charge in [0.15, 0.2) is 5.96 Å². The van der Waals surface area contributed by atoms with Crippen LogP contribution < -0.4 is 15.0 Å². The Morgan fingerprint density at radius 3 is 2.80 bits per heavy atom. The second-order valence-electron chi connectivity index (χ2n) is 5.81. The summed E-state index contributed by atoms with van der Waals surface area (Å²) in [5.41, 5.74) is 1.20. The summed E-state index contributed by atoms with van der Waals surface area (Å²) in [4.78, 5) is 13.0. The molecule has 0 unspecified atom stereocenters. The Morgan fingerprint density at radius 1 is 1.28 bits per heavy atom. The highest BCUT2D eigenvalue weighted by atomic mass is 16.5. The van der Waals surface area contributed by atoms with Crippen molar-refractivity contribution in [3.05, 3.63) is 36.9 Å². The lowest BCUT2D eigenvalue weighted by atomic mass is 10.2. The van der Waals surface area contributed by atoms with Crippen molar-refractivity contribution >= 4 is 11.6 Å². The van der Waals surface area contributed by atoms with Crippen LogP contribution in [0.2, 0.25) is 0 Å². The first kappa shape index (κ1) is 17.1. The third-order valence-electron chi connectivity index (χ3n) is 4.30. The number of anilines is 1. The molecule has 0 spiro atoms. The van der Waals surface area contributed by atoms with E-state index in [0.29, 0.717) is 0 Å². The molecule has 3 rings (SSSR count). The SMILES string of the molecule is CN=C(NCCn1cncn1)N1CCN(c2cccc(OC)c2)CC1. The van der Waals surface area contributed by atoms with Crippen molar-refractivity contribution in [2.75, 3.05) is 51.8 Å². The van der Waals surface area contributed by atoms with E-state index in [1.165, 1.54) is 5.69 Å². The number of benzene rings is 1. The number of methoxy groups -OCH3 is 1. The molecule has 25 heavy (non-hydrogen) atoms. The fourth-order valence-corrected chi connectivity index (χ4v) is 2.95. The number of hydrogen-bond acceptors (Lipinski definition) is 5. The third-order valence-corrected chi connectivity index (χ3v) is 4.30. The summed E-state index contributed by atoms with van der Waals surface area (Å²) in [6.45, 7) is 5.31. The van der Waals surface area contributed by atoms with Gasteiger partial charge in [-0.15, -0.1) is 0 Å². The summed E-state index contributed by atoms with van der Waals surface area (Å²) in [6, 6.07) is 8.22. The van der Waals surface area contributed by atoms with Crippen molar-refractivity contribution in [2.45, 2.75) is 6.54 Å². The zero-order chi connectivity index (χ0) is 17.5. The number of ether oxygens (including phenoxy) is 1. The van der Waals surface area contributed by atoms with Crippen molar-refractivity contribution in [2.24, 2.45) is 4.99 Å². The zero-order valence-electron chi connectivity index (χ0n) is 14.8. The largest absolute Gasteiger partial charge is 0.497 e. The van der Waals surface area contributed by atoms with Gasteiger partial charge in [0.2, 0.25) is 0 Å². The van der Waals surface area contributed by atoms with Crippen LogP contribution in [-0.4, -0.2) is 72.5 Å². The minimum absolute atomic E-state index is 0.767. The fourth-order valence-electron chi connectivity index (χ4n) is 2.95. The summed E-state index contributed by atoms with van der Waals surface area (Å²) in [5, 5.41) is 7.50. The van der Waals surface area contributed by atoms with Gasteiger partial charge in [-0.2, -0.15) is 5.10 Å². The average molecular weight is 343 g/mol. The number of aliphatic imine (C=N–C) groups is 1. The van der Waals surface area contributed by atoms with Gasteiger partial charge in [-0.3, -0.25) is 9.67 Å². The van der Waals surface area contributed by atoms with Gasteiger partial charge in [0, 0.05) is 51.5 Å². The van der Waals surface area contributed by atoms with E-state index in [-0.39, 0.29) is 0 Å². The molecule has 2 heterocycles. The average Bonchev–Trinajstić information content (AvgIpc) is 3.19. The highest BCUT2D eigenvalue weighted by Crippen LogP contribution is 2.22. The molecule has 0 radical (unpaired) electrons. The summed E-state index contributed by atoms with van der Waals surface area (Å²) in [7, 11) is 3.53. The Kier molecular flexibility index (Phi) is 5.71. The molecule has 8 heteroatoms. The molecule has 1 aliphatic rings. The smallest absolute Gasteiger partial charge is 0.193 e. The molecule has 1 aliphatic heterocycles. The molecular formula is C17H25N7O. The van der Waals surface area contributed by atoms with Gasteiger partial charge in [-0.25, -0.2) is 4.98 Å². The Bertz CT molecular complexity index is 678. The maximum absolute atomic E-state index is 5.32. The van der Waals surface area contributed by atoms with Gasteiger partial charge in [0.1, 0.15) is 18.4 Å². The predicted octanol–water partition coefficient (Wildman–Crippen LogP) is 0.684. The lowest BCUT2D eigenvalue weighted by Gasteiger charge is -2.37. The molecule has 1 aromatic carbocycles. The van der Waals surface area contributed by atoms with E-state index in [4.69, 9.17) is 4.74 Å². The van der Waals surface area contributed by atoms with E-state index in [1.807, 2.05) is 19.2 Å². The van der Waals surface area contributed by atoms with Crippen molar-refractivity contribution in [1.82, 2.24) is 25.0 Å². The van der Waals surface area contributed by atoms with Crippen molar-refractivity contribution in [3.63, 3.8) is 0 Å². The number of hydrogen-bond donors (Lipinski definition) is 1. The molecule has 134 valence electrons. The van der Waals surface area contributed by atoms with Crippen molar-refractivity contribution < 1.29 is 4.74 Å². The summed E-state index contributed by atoms with van der Waals surface area (Å²) in [5.74, 6) is 1.83. The normalized spacial score (nSPS) is 15.4. The molecule has 8 nitrogen and oxygen atoms in total. The highest BCUT2D eigenvalue weighted by Gasteiger charge is 2.19. The highest BCUT2D eigenvalue weighted by molar-refractivity contribution is 5.80. The fraction of sp³-hybridized carbons (Fsp3) is 0.471. The minimum atomic E-state index is 0.767. The number of rotatable bonds is 5. The predicted molar refractivity (Wildman–Crippen MR) is 98.2 cm³/mol. The van der Waals surface area contributed by atoms with Gasteiger partial charge in [-0.1, -0.05) is 6.07 Å². The van der Waals surface area contributed by atoms with E-state index >= 15 is 0 Å². The van der Waals surface area contributed by atoms with E-state index in [0.717, 1.165) is 51.0 Å². The molecule has 0 amide bonds. The van der Waals surface area contributed by atoms with Gasteiger partial charge in [-0.05, 0) is 12.1 Å². The molecule has 0 aliphatic carbocycles. The van der Waals surface area contributed by atoms with E-state index < -0.39 is 0 Å². The maximum Gasteiger partial charge on any atom is 0.193 e. The van der Waals surface area contributed by atoms with Gasteiger partial charge in [0.25, 0.3) is 0 Å². The molecule has 2 aromatic rings. The number of nitrogens with one attached hydrogen (secondary N) is 1. The summed E-state index contributed by atoms with van der Waals surface area (Å²) >= 11 is 0. The lowest BCUT2D eigenvalue weighted by Crippen LogP contribution is -2.52. The first-order chi connectivity index (χ1) is 12.3. The second-order valence-corrected chi connectivity index (χ2v) is 5.81. The first-order valence-electron chi connectivity index (χ1n) is 8.47. The zero-order valence-corrected chi connectivity index (χ0v) is 14.8. The van der Waals surface area contributed by atoms with Crippen LogP contribution in [0.1, 0.15) is 0 Å². The van der Waals surface area contributed by atoms with Crippen LogP contribution in [0, 0.1) is 0 Å². The molecule has 1 saturated heterocycles. The molecule has 0 saturated carbocycles. The first-order valence-corrected chi connectivity index (χ1v) is 8.47. The van der Waals surface area contributed by atoms with Crippen LogP contribution in [0.25, 0.3) is 0 Å². The standard InChI is InChI=1S/C17H25N7O/c1-18-17(20-6-7-24-14-19-13-21-24)23-10-8-22(9-11-23)15-4-3-5-16(12-15)25-2/h3-5,12-14H,6-11H2,1-2H3,(H,18,20). The van der Waals surface area contributed by atoms with Gasteiger partial charge in [0.05, 0.1) is 13.7 Å². The maximum atomic E-state index is 5.32. The van der Waals surface area contributed by atoms with E-state index in [1.54, 1.807) is 24.4 Å². The molecule has 1 N–H and O–H groups in total. The molecular weight excluding hydrogens is 318 g/mol. The number of piperazine rings is 1. The number of nitrogens with zero attached hydrogens (tertiary/aromatic N) is 6. The quantitative estimate of drug-likeness (QED) is 0.636. The number of guanidine groups is 1. The van der Waals surface area contributed by atoms with Crippen molar-refractivity contribution in [3.8, 4) is 5.75 Å². The van der Waals surface area contributed by atoms with Crippen LogP contribution in [0.3, 0.4) is 0 Å². The Balaban J connectivity index is 1.49. The Hall–Kier alpha value is -2.77. The monoisotopic (exact) mass is 343 g/mol. The number of aromatic nitrogens is 3. The molecule has 1 aromatic heterocycles. The van der Waals surface area contributed by atoms with Crippen LogP contribution >= 0.6 is 0 Å². The Morgan fingerprint density at radius 2 is 2.12 bits per heavy atom. The summed E-state index contributed by atoms with van der Waals surface area (Å²) in [6.07, 6.45) is 3.27. The summed E-state index contributed by atoms with van der Waals surface area (Å²) < 4.78 is 7.13. The van der Waals surface area contributed by atoms with Gasteiger partial charge >= 0.3 is 0 Å². The van der Waals surface area contributed by atoms with E-state index in [2.05, 4.69) is 42.3 Å². The van der Waals surface area contributed by atoms with Crippen LogP contribution in [-0.2, 0) is 6.54 Å². The van der Waals surface area contributed by atoms with Gasteiger partial charge < -0.3 is 19.9 Å². The second kappa shape index (κ2) is 8.36. The van der Waals surface area contributed by atoms with Crippen LogP contribution in [0.15, 0.2) is 41.9 Å². The molecule has 1 fully saturated rings. The third kappa shape index (κ3) is 4.40. The van der Waals surface area contributed by atoms with Crippen LogP contribution in [0.5, 0.6) is 5.75 Å². The Labute approximate surface area is 148 Å². The topological polar surface area (TPSA) is 70.8 Å². The van der Waals surface area contributed by atoms with Crippen LogP contribution in [0.4, 0.5) is 5.69 Å². The molecule has 0 bridgehead atoms.